The lowest BCUT2D eigenvalue weighted by Gasteiger charge is -2.05. The Morgan fingerprint density at radius 1 is 1.15 bits per heavy atom. The minimum absolute atomic E-state index is 0.322. The molecule has 0 saturated heterocycles. The molecule has 2 heterocycles. The Labute approximate surface area is 128 Å². The Morgan fingerprint density at radius 2 is 1.90 bits per heavy atom. The van der Waals surface area contributed by atoms with Gasteiger partial charge in [-0.05, 0) is 45.8 Å². The molecule has 0 atom stereocenters. The minimum Gasteiger partial charge on any atom is -0.380 e. The van der Waals surface area contributed by atoms with Gasteiger partial charge in [0.05, 0.1) is 10.6 Å². The van der Waals surface area contributed by atoms with Gasteiger partial charge in [0.25, 0.3) is 0 Å². The molecule has 4 nitrogen and oxygen atoms in total. The van der Waals surface area contributed by atoms with E-state index in [1.54, 1.807) is 12.4 Å². The van der Waals surface area contributed by atoms with Crippen molar-refractivity contribution in [1.29, 1.82) is 0 Å². The van der Waals surface area contributed by atoms with Gasteiger partial charge in [0, 0.05) is 22.4 Å². The Kier molecular flexibility index (Phi) is 3.46. The van der Waals surface area contributed by atoms with Crippen molar-refractivity contribution in [3.63, 3.8) is 0 Å². The molecule has 20 heavy (non-hydrogen) atoms. The van der Waals surface area contributed by atoms with Crippen LogP contribution in [0.15, 0.2) is 51.7 Å². The van der Waals surface area contributed by atoms with Crippen molar-refractivity contribution in [2.75, 3.05) is 5.73 Å². The lowest BCUT2D eigenvalue weighted by molar-refractivity contribution is 0.436. The number of halogens is 2. The summed E-state index contributed by atoms with van der Waals surface area (Å²) in [5.74, 6) is 0.863. The van der Waals surface area contributed by atoms with Crippen LogP contribution in [-0.4, -0.2) is 10.1 Å². The van der Waals surface area contributed by atoms with Gasteiger partial charge in [-0.2, -0.15) is 0 Å². The average molecular weight is 351 g/mol. The predicted molar refractivity (Wildman–Crippen MR) is 82.3 cm³/mol. The van der Waals surface area contributed by atoms with Gasteiger partial charge in [0.1, 0.15) is 0 Å². The zero-order valence-corrected chi connectivity index (χ0v) is 12.5. The molecule has 100 valence electrons. The lowest BCUT2D eigenvalue weighted by atomic mass is 10.0. The fourth-order valence-electron chi connectivity index (χ4n) is 1.96. The van der Waals surface area contributed by atoms with E-state index in [1.165, 1.54) is 0 Å². The van der Waals surface area contributed by atoms with Gasteiger partial charge in [-0.3, -0.25) is 4.98 Å². The Balaban J connectivity index is 2.24. The predicted octanol–water partition coefficient (Wildman–Crippen LogP) is 4.40. The average Bonchev–Trinajstić information content (AvgIpc) is 2.84. The van der Waals surface area contributed by atoms with Gasteiger partial charge in [-0.1, -0.05) is 22.8 Å². The van der Waals surface area contributed by atoms with E-state index < -0.39 is 0 Å². The van der Waals surface area contributed by atoms with Crippen LogP contribution in [0.2, 0.25) is 5.02 Å². The third-order valence-electron chi connectivity index (χ3n) is 2.88. The molecule has 6 heteroatoms. The first-order valence-corrected chi connectivity index (χ1v) is 6.95. The molecule has 2 aromatic heterocycles. The lowest BCUT2D eigenvalue weighted by Crippen LogP contribution is -1.89. The van der Waals surface area contributed by atoms with E-state index in [9.17, 15) is 0 Å². The second kappa shape index (κ2) is 5.26. The van der Waals surface area contributed by atoms with Crippen molar-refractivity contribution in [2.45, 2.75) is 0 Å². The molecule has 0 unspecified atom stereocenters. The highest BCUT2D eigenvalue weighted by Crippen LogP contribution is 2.41. The molecule has 0 aliphatic rings. The molecule has 0 radical (unpaired) electrons. The molecule has 0 aliphatic carbocycles. The zero-order valence-electron chi connectivity index (χ0n) is 10.2. The maximum Gasteiger partial charge on any atom is 0.178 e. The number of nitrogens with zero attached hydrogens (tertiary/aromatic N) is 2. The van der Waals surface area contributed by atoms with Crippen LogP contribution in [-0.2, 0) is 0 Å². The van der Waals surface area contributed by atoms with Crippen molar-refractivity contribution in [2.24, 2.45) is 0 Å². The third-order valence-corrected chi connectivity index (χ3v) is 4.18. The second-order valence-corrected chi connectivity index (χ2v) is 5.34. The number of hydrogen-bond acceptors (Lipinski definition) is 4. The molecule has 0 spiro atoms. The molecule has 0 amide bonds. The maximum absolute atomic E-state index is 6.31. The molecule has 2 N–H and O–H groups in total. The number of nitrogen functional groups attached to an aromatic ring is 1. The van der Waals surface area contributed by atoms with Gasteiger partial charge in [-0.25, -0.2) is 0 Å². The van der Waals surface area contributed by atoms with Crippen molar-refractivity contribution >= 4 is 33.3 Å². The summed E-state index contributed by atoms with van der Waals surface area (Å²) in [7, 11) is 0. The van der Waals surface area contributed by atoms with Crippen LogP contribution in [0.25, 0.3) is 22.5 Å². The molecule has 0 aliphatic heterocycles. The van der Waals surface area contributed by atoms with Crippen LogP contribution in [0.3, 0.4) is 0 Å². The monoisotopic (exact) mass is 349 g/mol. The van der Waals surface area contributed by atoms with Crippen LogP contribution in [0, 0.1) is 0 Å². The van der Waals surface area contributed by atoms with Crippen LogP contribution in [0.1, 0.15) is 0 Å². The van der Waals surface area contributed by atoms with E-state index in [-0.39, 0.29) is 0 Å². The molecule has 0 fully saturated rings. The highest BCUT2D eigenvalue weighted by molar-refractivity contribution is 9.10. The highest BCUT2D eigenvalue weighted by atomic mass is 79.9. The Hall–Kier alpha value is -1.85. The van der Waals surface area contributed by atoms with Gasteiger partial charge >= 0.3 is 0 Å². The molecular weight excluding hydrogens is 342 g/mol. The van der Waals surface area contributed by atoms with Crippen LogP contribution < -0.4 is 5.73 Å². The van der Waals surface area contributed by atoms with E-state index in [1.807, 2.05) is 30.3 Å². The number of benzene rings is 1. The van der Waals surface area contributed by atoms with Crippen LogP contribution in [0.5, 0.6) is 0 Å². The van der Waals surface area contributed by atoms with Crippen molar-refractivity contribution < 1.29 is 4.52 Å². The third kappa shape index (κ3) is 2.19. The van der Waals surface area contributed by atoms with E-state index >= 15 is 0 Å². The molecular formula is C14H9BrClN3O. The molecule has 3 aromatic rings. The van der Waals surface area contributed by atoms with Crippen LogP contribution in [0.4, 0.5) is 5.82 Å². The summed E-state index contributed by atoms with van der Waals surface area (Å²) >= 11 is 9.70. The molecule has 1 aromatic carbocycles. The fraction of sp³-hybridized carbons (Fsp3) is 0. The van der Waals surface area contributed by atoms with E-state index in [0.717, 1.165) is 15.6 Å². The number of aromatic nitrogens is 2. The number of nitrogens with two attached hydrogens (primary N) is 1. The number of anilines is 1. The van der Waals surface area contributed by atoms with E-state index in [2.05, 4.69) is 26.1 Å². The number of pyridine rings is 1. The van der Waals surface area contributed by atoms with Gasteiger partial charge in [0.2, 0.25) is 0 Å². The summed E-state index contributed by atoms with van der Waals surface area (Å²) in [4.78, 5) is 3.99. The summed E-state index contributed by atoms with van der Waals surface area (Å²) in [5, 5.41) is 4.40. The summed E-state index contributed by atoms with van der Waals surface area (Å²) in [6, 6.07) is 9.28. The molecule has 3 rings (SSSR count). The Bertz CT molecular complexity index is 758. The first kappa shape index (κ1) is 13.1. The molecule has 0 bridgehead atoms. The number of hydrogen-bond donors (Lipinski definition) is 1. The van der Waals surface area contributed by atoms with E-state index in [4.69, 9.17) is 21.9 Å². The molecule has 0 saturated carbocycles. The topological polar surface area (TPSA) is 64.9 Å². The smallest absolute Gasteiger partial charge is 0.178 e. The summed E-state index contributed by atoms with van der Waals surface area (Å²) in [5.41, 5.74) is 8.25. The minimum atomic E-state index is 0.322. The van der Waals surface area contributed by atoms with Gasteiger partial charge in [0.15, 0.2) is 11.6 Å². The normalized spacial score (nSPS) is 10.7. The highest BCUT2D eigenvalue weighted by Gasteiger charge is 2.20. The van der Waals surface area contributed by atoms with E-state index in [0.29, 0.717) is 22.2 Å². The van der Waals surface area contributed by atoms with Crippen molar-refractivity contribution in [1.82, 2.24) is 10.1 Å². The summed E-state index contributed by atoms with van der Waals surface area (Å²) in [6.45, 7) is 0. The van der Waals surface area contributed by atoms with Crippen molar-refractivity contribution in [3.8, 4) is 22.5 Å². The SMILES string of the molecule is Nc1noc(-c2cccc(Br)c2Cl)c1-c1ccncc1. The number of rotatable bonds is 2. The first-order valence-electron chi connectivity index (χ1n) is 5.78. The maximum atomic E-state index is 6.31. The van der Waals surface area contributed by atoms with Crippen LogP contribution >= 0.6 is 27.5 Å². The van der Waals surface area contributed by atoms with Gasteiger partial charge in [-0.15, -0.1) is 0 Å². The largest absolute Gasteiger partial charge is 0.380 e. The zero-order chi connectivity index (χ0) is 14.1. The summed E-state index contributed by atoms with van der Waals surface area (Å²) < 4.78 is 6.16. The Morgan fingerprint density at radius 3 is 2.65 bits per heavy atom. The quantitative estimate of drug-likeness (QED) is 0.744. The second-order valence-electron chi connectivity index (χ2n) is 4.11. The fourth-order valence-corrected chi connectivity index (χ4v) is 2.54. The van der Waals surface area contributed by atoms with Gasteiger partial charge < -0.3 is 10.3 Å². The first-order chi connectivity index (χ1) is 9.68. The van der Waals surface area contributed by atoms with Crippen molar-refractivity contribution in [3.05, 3.63) is 52.2 Å². The summed E-state index contributed by atoms with van der Waals surface area (Å²) in [6.07, 6.45) is 3.38. The standard InChI is InChI=1S/C14H9BrClN3O/c15-10-3-1-2-9(12(10)16)13-11(14(17)19-20-13)8-4-6-18-7-5-8/h1-7H,(H2,17,19).